The molecule has 0 bridgehead atoms. The molecular weight excluding hydrogens is 155 g/mol. The predicted octanol–water partition coefficient (Wildman–Crippen LogP) is 2.32. The van der Waals surface area contributed by atoms with E-state index < -0.39 is 6.17 Å². The Bertz CT molecular complexity index is 106. The number of carbonyl (C=O) groups is 1. The van der Waals surface area contributed by atoms with E-state index >= 15 is 0 Å². The van der Waals surface area contributed by atoms with Gasteiger partial charge in [0.1, 0.15) is 0 Å². The molecule has 1 unspecified atom stereocenters. The summed E-state index contributed by atoms with van der Waals surface area (Å²) in [6.07, 6.45) is 0.551. The van der Waals surface area contributed by atoms with Gasteiger partial charge in [0.15, 0.2) is 12.0 Å². The van der Waals surface area contributed by atoms with Gasteiger partial charge in [-0.05, 0) is 6.42 Å². The molecule has 0 fully saturated rings. The fourth-order valence-electron chi connectivity index (χ4n) is 0.594. The first-order chi connectivity index (χ1) is 4.72. The quantitative estimate of drug-likeness (QED) is 0.573. The molecule has 0 aromatic heterocycles. The highest BCUT2D eigenvalue weighted by molar-refractivity contribution is 6.19. The number of alkyl halides is 2. The molecular formula is C7H12ClFO. The van der Waals surface area contributed by atoms with Crippen molar-refractivity contribution in [2.24, 2.45) is 0 Å². The smallest absolute Gasteiger partial charge is 0.171 e. The maximum absolute atomic E-state index is 12.4. The Morgan fingerprint density at radius 1 is 1.70 bits per heavy atom. The SMILES string of the molecule is CCCCC(=O)C(F)CCl. The van der Waals surface area contributed by atoms with Gasteiger partial charge in [-0.2, -0.15) is 0 Å². The summed E-state index contributed by atoms with van der Waals surface area (Å²) in [4.78, 5) is 10.7. The van der Waals surface area contributed by atoms with Gasteiger partial charge in [0.2, 0.25) is 0 Å². The molecule has 0 aliphatic rings. The maximum atomic E-state index is 12.4. The summed E-state index contributed by atoms with van der Waals surface area (Å²) in [5, 5.41) is 0. The van der Waals surface area contributed by atoms with Crippen LogP contribution in [0.5, 0.6) is 0 Å². The average Bonchev–Trinajstić information content (AvgIpc) is 1.98. The second kappa shape index (κ2) is 5.66. The predicted molar refractivity (Wildman–Crippen MR) is 40.1 cm³/mol. The number of hydrogen-bond donors (Lipinski definition) is 0. The summed E-state index contributed by atoms with van der Waals surface area (Å²) < 4.78 is 12.4. The van der Waals surface area contributed by atoms with E-state index in [9.17, 15) is 9.18 Å². The first-order valence-corrected chi connectivity index (χ1v) is 3.98. The van der Waals surface area contributed by atoms with Gasteiger partial charge in [-0.1, -0.05) is 13.3 Å². The van der Waals surface area contributed by atoms with Crippen LogP contribution < -0.4 is 0 Å². The molecule has 0 aromatic carbocycles. The Morgan fingerprint density at radius 3 is 2.70 bits per heavy atom. The van der Waals surface area contributed by atoms with Crippen molar-refractivity contribution in [3.8, 4) is 0 Å². The van der Waals surface area contributed by atoms with Crippen molar-refractivity contribution in [2.75, 3.05) is 5.88 Å². The first-order valence-electron chi connectivity index (χ1n) is 3.45. The third-order valence-electron chi connectivity index (χ3n) is 1.26. The van der Waals surface area contributed by atoms with E-state index in [1.807, 2.05) is 6.92 Å². The highest BCUT2D eigenvalue weighted by Gasteiger charge is 2.13. The highest BCUT2D eigenvalue weighted by Crippen LogP contribution is 2.03. The van der Waals surface area contributed by atoms with Crippen LogP contribution in [0.15, 0.2) is 0 Å². The zero-order valence-electron chi connectivity index (χ0n) is 6.07. The molecule has 10 heavy (non-hydrogen) atoms. The van der Waals surface area contributed by atoms with Crippen molar-refractivity contribution in [1.29, 1.82) is 0 Å². The van der Waals surface area contributed by atoms with Gasteiger partial charge in [0.25, 0.3) is 0 Å². The third kappa shape index (κ3) is 3.83. The highest BCUT2D eigenvalue weighted by atomic mass is 35.5. The lowest BCUT2D eigenvalue weighted by atomic mass is 10.1. The van der Waals surface area contributed by atoms with Gasteiger partial charge in [0.05, 0.1) is 5.88 Å². The van der Waals surface area contributed by atoms with Crippen molar-refractivity contribution >= 4 is 17.4 Å². The largest absolute Gasteiger partial charge is 0.296 e. The number of halogens is 2. The molecule has 1 atom stereocenters. The zero-order valence-corrected chi connectivity index (χ0v) is 6.83. The molecule has 0 heterocycles. The summed E-state index contributed by atoms with van der Waals surface area (Å²) >= 11 is 5.13. The van der Waals surface area contributed by atoms with Crippen LogP contribution in [0.25, 0.3) is 0 Å². The van der Waals surface area contributed by atoms with Crippen molar-refractivity contribution in [3.05, 3.63) is 0 Å². The summed E-state index contributed by atoms with van der Waals surface area (Å²) in [7, 11) is 0. The Hall–Kier alpha value is -0.110. The molecule has 0 aliphatic heterocycles. The van der Waals surface area contributed by atoms with Crippen LogP contribution in [0, 0.1) is 0 Å². The van der Waals surface area contributed by atoms with Crippen LogP contribution in [-0.4, -0.2) is 17.8 Å². The zero-order chi connectivity index (χ0) is 7.98. The minimum absolute atomic E-state index is 0.206. The van der Waals surface area contributed by atoms with E-state index in [-0.39, 0.29) is 11.7 Å². The Labute approximate surface area is 65.6 Å². The number of carbonyl (C=O) groups excluding carboxylic acids is 1. The van der Waals surface area contributed by atoms with E-state index in [2.05, 4.69) is 0 Å². The minimum Gasteiger partial charge on any atom is -0.296 e. The molecule has 0 spiro atoms. The molecule has 0 saturated heterocycles. The first kappa shape index (κ1) is 9.89. The van der Waals surface area contributed by atoms with E-state index in [4.69, 9.17) is 11.6 Å². The molecule has 60 valence electrons. The summed E-state index contributed by atoms with van der Waals surface area (Å²) in [6.45, 7) is 1.96. The van der Waals surface area contributed by atoms with E-state index in [1.165, 1.54) is 0 Å². The van der Waals surface area contributed by atoms with E-state index in [1.54, 1.807) is 0 Å². The molecule has 3 heteroatoms. The van der Waals surface area contributed by atoms with Gasteiger partial charge >= 0.3 is 0 Å². The van der Waals surface area contributed by atoms with Crippen molar-refractivity contribution in [2.45, 2.75) is 32.4 Å². The van der Waals surface area contributed by atoms with Crippen LogP contribution in [0.4, 0.5) is 4.39 Å². The lowest BCUT2D eigenvalue weighted by Crippen LogP contribution is -2.16. The third-order valence-corrected chi connectivity index (χ3v) is 1.53. The normalized spacial score (nSPS) is 13.1. The fraction of sp³-hybridized carbons (Fsp3) is 0.857. The standard InChI is InChI=1S/C7H12ClFO/c1-2-3-4-7(10)6(9)5-8/h6H,2-5H2,1H3. The fourth-order valence-corrected chi connectivity index (χ4v) is 0.766. The Kier molecular flexibility index (Phi) is 5.60. The van der Waals surface area contributed by atoms with Crippen LogP contribution >= 0.6 is 11.6 Å². The van der Waals surface area contributed by atoms with Crippen molar-refractivity contribution < 1.29 is 9.18 Å². The molecule has 0 amide bonds. The topological polar surface area (TPSA) is 17.1 Å². The van der Waals surface area contributed by atoms with Crippen molar-refractivity contribution in [1.82, 2.24) is 0 Å². The summed E-state index contributed by atoms with van der Waals surface area (Å²) in [6, 6.07) is 0. The molecule has 0 aliphatic carbocycles. The Balaban J connectivity index is 3.42. The number of hydrogen-bond acceptors (Lipinski definition) is 1. The monoisotopic (exact) mass is 166 g/mol. The van der Waals surface area contributed by atoms with E-state index in [0.717, 1.165) is 12.8 Å². The average molecular weight is 167 g/mol. The summed E-state index contributed by atoms with van der Waals surface area (Å²) in [5.41, 5.74) is 0. The molecule has 0 rings (SSSR count). The van der Waals surface area contributed by atoms with Crippen LogP contribution in [0.2, 0.25) is 0 Å². The molecule has 0 aromatic rings. The van der Waals surface area contributed by atoms with Crippen molar-refractivity contribution in [3.63, 3.8) is 0 Å². The summed E-state index contributed by atoms with van der Waals surface area (Å²) in [5.74, 6) is -0.570. The molecule has 0 radical (unpaired) electrons. The van der Waals surface area contributed by atoms with Gasteiger partial charge in [-0.15, -0.1) is 11.6 Å². The maximum Gasteiger partial charge on any atom is 0.171 e. The van der Waals surface area contributed by atoms with Crippen LogP contribution in [0.3, 0.4) is 0 Å². The second-order valence-electron chi connectivity index (χ2n) is 2.19. The van der Waals surface area contributed by atoms with Gasteiger partial charge in [-0.3, -0.25) is 4.79 Å². The minimum atomic E-state index is -1.45. The van der Waals surface area contributed by atoms with Crippen LogP contribution in [-0.2, 0) is 4.79 Å². The lowest BCUT2D eigenvalue weighted by Gasteiger charge is -2.00. The van der Waals surface area contributed by atoms with Gasteiger partial charge in [-0.25, -0.2) is 4.39 Å². The van der Waals surface area contributed by atoms with Gasteiger partial charge < -0.3 is 0 Å². The number of rotatable bonds is 5. The number of Topliss-reactive ketones (excluding diaryl/α,β-unsaturated/α-hetero) is 1. The second-order valence-corrected chi connectivity index (χ2v) is 2.50. The number of ketones is 1. The molecule has 0 N–H and O–H groups in total. The van der Waals surface area contributed by atoms with Crippen LogP contribution in [0.1, 0.15) is 26.2 Å². The van der Waals surface area contributed by atoms with Gasteiger partial charge in [0, 0.05) is 6.42 Å². The van der Waals surface area contributed by atoms with E-state index in [0.29, 0.717) is 6.42 Å². The Morgan fingerprint density at radius 2 is 2.30 bits per heavy atom. The number of unbranched alkanes of at least 4 members (excludes halogenated alkanes) is 1. The molecule has 0 saturated carbocycles. The lowest BCUT2D eigenvalue weighted by molar-refractivity contribution is -0.123. The molecule has 1 nitrogen and oxygen atoms in total.